The van der Waals surface area contributed by atoms with Gasteiger partial charge in [-0.05, 0) is 31.2 Å². The largest absolute Gasteiger partial charge is 0.399 e. The number of rotatable bonds is 4. The second-order valence-electron chi connectivity index (χ2n) is 4.28. The van der Waals surface area contributed by atoms with Crippen LogP contribution in [0.15, 0.2) is 29.1 Å². The topological polar surface area (TPSA) is 42.1 Å². The first-order valence-electron chi connectivity index (χ1n) is 5.56. The molecule has 4 heteroatoms. The van der Waals surface area contributed by atoms with E-state index in [1.165, 1.54) is 11.1 Å². The molecule has 0 radical (unpaired) electrons. The lowest BCUT2D eigenvalue weighted by atomic mass is 10.1. The highest BCUT2D eigenvalue weighted by Gasteiger charge is 2.06. The van der Waals surface area contributed by atoms with Gasteiger partial charge in [0.2, 0.25) is 0 Å². The van der Waals surface area contributed by atoms with Crippen molar-refractivity contribution in [2.24, 2.45) is 0 Å². The molecule has 0 saturated heterocycles. The summed E-state index contributed by atoms with van der Waals surface area (Å²) in [4.78, 5) is 6.54. The maximum absolute atomic E-state index is 5.90. The summed E-state index contributed by atoms with van der Waals surface area (Å²) in [6.45, 7) is 3.84. The van der Waals surface area contributed by atoms with Crippen molar-refractivity contribution in [3.05, 3.63) is 45.9 Å². The quantitative estimate of drug-likeness (QED) is 0.845. The molecular weight excluding hydrogens is 230 g/mol. The highest BCUT2D eigenvalue weighted by atomic mass is 32.1. The third kappa shape index (κ3) is 3.05. The molecule has 2 rings (SSSR count). The molecule has 0 aliphatic heterocycles. The van der Waals surface area contributed by atoms with Crippen molar-refractivity contribution >= 4 is 17.0 Å². The second-order valence-corrected chi connectivity index (χ2v) is 5.00. The number of hydrogen-bond acceptors (Lipinski definition) is 4. The molecule has 1 heterocycles. The summed E-state index contributed by atoms with van der Waals surface area (Å²) < 4.78 is 0. The van der Waals surface area contributed by atoms with E-state index in [0.29, 0.717) is 0 Å². The maximum Gasteiger partial charge on any atom is 0.0795 e. The van der Waals surface area contributed by atoms with Crippen LogP contribution in [0.3, 0.4) is 0 Å². The fourth-order valence-electron chi connectivity index (χ4n) is 1.81. The molecule has 0 saturated carbocycles. The number of aromatic nitrogens is 1. The monoisotopic (exact) mass is 247 g/mol. The van der Waals surface area contributed by atoms with E-state index in [2.05, 4.69) is 35.3 Å². The van der Waals surface area contributed by atoms with Gasteiger partial charge in [0.25, 0.3) is 0 Å². The van der Waals surface area contributed by atoms with Gasteiger partial charge in [-0.3, -0.25) is 4.90 Å². The van der Waals surface area contributed by atoms with Crippen LogP contribution >= 0.6 is 11.3 Å². The van der Waals surface area contributed by atoms with Crippen molar-refractivity contribution in [1.29, 1.82) is 0 Å². The Balaban J connectivity index is 2.03. The van der Waals surface area contributed by atoms with Gasteiger partial charge < -0.3 is 5.73 Å². The van der Waals surface area contributed by atoms with Gasteiger partial charge in [0, 0.05) is 24.2 Å². The van der Waals surface area contributed by atoms with Gasteiger partial charge in [-0.25, -0.2) is 4.98 Å². The predicted octanol–water partition coefficient (Wildman–Crippen LogP) is 2.67. The van der Waals surface area contributed by atoms with Crippen LogP contribution in [0.2, 0.25) is 0 Å². The summed E-state index contributed by atoms with van der Waals surface area (Å²) in [5.41, 5.74) is 12.2. The zero-order chi connectivity index (χ0) is 12.3. The molecular formula is C13H17N3S. The predicted molar refractivity (Wildman–Crippen MR) is 72.9 cm³/mol. The first kappa shape index (κ1) is 12.1. The summed E-state index contributed by atoms with van der Waals surface area (Å²) in [5.74, 6) is 0. The van der Waals surface area contributed by atoms with Gasteiger partial charge in [-0.1, -0.05) is 12.1 Å². The third-order valence-electron chi connectivity index (χ3n) is 2.84. The van der Waals surface area contributed by atoms with Crippen molar-refractivity contribution < 1.29 is 0 Å². The van der Waals surface area contributed by atoms with E-state index in [4.69, 9.17) is 5.73 Å². The average molecular weight is 247 g/mol. The molecule has 0 bridgehead atoms. The fourth-order valence-corrected chi connectivity index (χ4v) is 2.36. The minimum Gasteiger partial charge on any atom is -0.399 e. The summed E-state index contributed by atoms with van der Waals surface area (Å²) in [6.07, 6.45) is 0. The molecule has 0 atom stereocenters. The lowest BCUT2D eigenvalue weighted by molar-refractivity contribution is 0.315. The Morgan fingerprint density at radius 3 is 2.88 bits per heavy atom. The van der Waals surface area contributed by atoms with E-state index in [-0.39, 0.29) is 0 Å². The zero-order valence-electron chi connectivity index (χ0n) is 10.2. The van der Waals surface area contributed by atoms with Gasteiger partial charge in [-0.2, -0.15) is 0 Å². The van der Waals surface area contributed by atoms with Crippen molar-refractivity contribution in [2.45, 2.75) is 20.0 Å². The Morgan fingerprint density at radius 2 is 2.18 bits per heavy atom. The van der Waals surface area contributed by atoms with Crippen molar-refractivity contribution in [3.8, 4) is 0 Å². The Kier molecular flexibility index (Phi) is 3.76. The molecule has 3 nitrogen and oxygen atoms in total. The highest BCUT2D eigenvalue weighted by Crippen LogP contribution is 2.17. The number of nitrogen functional groups attached to an aromatic ring is 1. The lowest BCUT2D eigenvalue weighted by Crippen LogP contribution is -2.18. The summed E-state index contributed by atoms with van der Waals surface area (Å²) in [7, 11) is 2.10. The molecule has 90 valence electrons. The van der Waals surface area contributed by atoms with E-state index >= 15 is 0 Å². The van der Waals surface area contributed by atoms with Gasteiger partial charge in [0.1, 0.15) is 0 Å². The van der Waals surface area contributed by atoms with E-state index < -0.39 is 0 Å². The number of nitrogens with zero attached hydrogens (tertiary/aromatic N) is 2. The lowest BCUT2D eigenvalue weighted by Gasteiger charge is -2.17. The van der Waals surface area contributed by atoms with Crippen LogP contribution in [0, 0.1) is 6.92 Å². The number of hydrogen-bond donors (Lipinski definition) is 1. The van der Waals surface area contributed by atoms with Crippen LogP contribution in [0.4, 0.5) is 5.69 Å². The molecule has 17 heavy (non-hydrogen) atoms. The molecule has 2 N–H and O–H groups in total. The first-order valence-corrected chi connectivity index (χ1v) is 6.50. The number of anilines is 1. The van der Waals surface area contributed by atoms with Crippen LogP contribution < -0.4 is 5.73 Å². The zero-order valence-corrected chi connectivity index (χ0v) is 11.0. The smallest absolute Gasteiger partial charge is 0.0795 e. The standard InChI is InChI=1S/C13H17N3S/c1-10-11(4-3-5-13(10)14)6-16(2)7-12-8-17-9-15-12/h3-5,8-9H,6-7,14H2,1-2H3. The molecule has 0 spiro atoms. The van der Waals surface area contributed by atoms with E-state index in [0.717, 1.165) is 24.5 Å². The molecule has 2 aromatic rings. The maximum atomic E-state index is 5.90. The Labute approximate surface area is 106 Å². The van der Waals surface area contributed by atoms with Gasteiger partial charge in [0.15, 0.2) is 0 Å². The van der Waals surface area contributed by atoms with Crippen molar-refractivity contribution in [1.82, 2.24) is 9.88 Å². The Bertz CT molecular complexity index is 479. The molecule has 0 aliphatic rings. The van der Waals surface area contributed by atoms with Crippen LogP contribution in [-0.2, 0) is 13.1 Å². The normalized spacial score (nSPS) is 11.0. The van der Waals surface area contributed by atoms with Gasteiger partial charge >= 0.3 is 0 Å². The Morgan fingerprint density at radius 1 is 1.35 bits per heavy atom. The summed E-state index contributed by atoms with van der Waals surface area (Å²) in [5, 5.41) is 2.09. The van der Waals surface area contributed by atoms with Crippen LogP contribution in [0.1, 0.15) is 16.8 Å². The molecule has 1 aromatic heterocycles. The molecule has 0 fully saturated rings. The average Bonchev–Trinajstić information content (AvgIpc) is 2.77. The van der Waals surface area contributed by atoms with Crippen LogP contribution in [0.25, 0.3) is 0 Å². The second kappa shape index (κ2) is 5.29. The van der Waals surface area contributed by atoms with E-state index in [9.17, 15) is 0 Å². The van der Waals surface area contributed by atoms with Crippen LogP contribution in [-0.4, -0.2) is 16.9 Å². The molecule has 0 aliphatic carbocycles. The molecule has 1 aromatic carbocycles. The fraction of sp³-hybridized carbons (Fsp3) is 0.308. The molecule has 0 unspecified atom stereocenters. The minimum absolute atomic E-state index is 0.865. The minimum atomic E-state index is 0.865. The first-order chi connectivity index (χ1) is 8.16. The van der Waals surface area contributed by atoms with Gasteiger partial charge in [0.05, 0.1) is 11.2 Å². The number of benzene rings is 1. The Hall–Kier alpha value is -1.39. The summed E-state index contributed by atoms with van der Waals surface area (Å²) >= 11 is 1.64. The number of nitrogens with two attached hydrogens (primary N) is 1. The van der Waals surface area contributed by atoms with E-state index in [1.807, 2.05) is 17.6 Å². The van der Waals surface area contributed by atoms with Crippen LogP contribution in [0.5, 0.6) is 0 Å². The van der Waals surface area contributed by atoms with Gasteiger partial charge in [-0.15, -0.1) is 11.3 Å². The number of thiazole rings is 1. The van der Waals surface area contributed by atoms with Crippen molar-refractivity contribution in [2.75, 3.05) is 12.8 Å². The molecule has 0 amide bonds. The SMILES string of the molecule is Cc1c(N)cccc1CN(C)Cc1cscn1. The summed E-state index contributed by atoms with van der Waals surface area (Å²) in [6, 6.07) is 6.08. The third-order valence-corrected chi connectivity index (χ3v) is 3.48. The van der Waals surface area contributed by atoms with Crippen molar-refractivity contribution in [3.63, 3.8) is 0 Å². The van der Waals surface area contributed by atoms with E-state index in [1.54, 1.807) is 11.3 Å². The highest BCUT2D eigenvalue weighted by molar-refractivity contribution is 7.07.